The topological polar surface area (TPSA) is 25.4 Å². The predicted molar refractivity (Wildman–Crippen MR) is 102 cm³/mol. The Balaban J connectivity index is 1.11. The Hall–Kier alpha value is -1.75. The van der Waals surface area contributed by atoms with Crippen LogP contribution in [0.25, 0.3) is 10.9 Å². The largest absolute Gasteiger partial charge is 0.373 e. The van der Waals surface area contributed by atoms with Gasteiger partial charge in [-0.1, -0.05) is 48.5 Å². The fraction of sp³-hybridized carbons (Fsp3) is 0.381. The fourth-order valence-corrected chi connectivity index (χ4v) is 5.22. The van der Waals surface area contributed by atoms with E-state index in [1.165, 1.54) is 41.8 Å². The van der Waals surface area contributed by atoms with Crippen molar-refractivity contribution >= 4 is 22.4 Å². The molecule has 3 nitrogen and oxygen atoms in total. The monoisotopic (exact) mass is 350 g/mol. The molecule has 1 spiro atoms. The first kappa shape index (κ1) is 15.5. The summed E-state index contributed by atoms with van der Waals surface area (Å²) >= 11 is 1.66. The van der Waals surface area contributed by atoms with Gasteiger partial charge in [0.1, 0.15) is 0 Å². The molecule has 1 saturated heterocycles. The molecule has 0 atom stereocenters. The van der Waals surface area contributed by atoms with Crippen molar-refractivity contribution < 1.29 is 4.74 Å². The minimum atomic E-state index is 0.451. The number of aromatic nitrogens is 1. The van der Waals surface area contributed by atoms with Crippen molar-refractivity contribution in [1.82, 2.24) is 9.27 Å². The molecular formula is C21H22N2OS. The van der Waals surface area contributed by atoms with Gasteiger partial charge < -0.3 is 4.74 Å². The van der Waals surface area contributed by atoms with Gasteiger partial charge in [0.2, 0.25) is 0 Å². The van der Waals surface area contributed by atoms with E-state index in [2.05, 4.69) is 63.9 Å². The maximum absolute atomic E-state index is 6.07. The Morgan fingerprint density at radius 1 is 1.04 bits per heavy atom. The molecule has 0 unspecified atom stereocenters. The van der Waals surface area contributed by atoms with E-state index in [4.69, 9.17) is 4.74 Å². The van der Waals surface area contributed by atoms with Crippen molar-refractivity contribution in [3.05, 3.63) is 65.0 Å². The summed E-state index contributed by atoms with van der Waals surface area (Å²) < 4.78 is 10.6. The normalized spacial score (nSPS) is 19.8. The van der Waals surface area contributed by atoms with Gasteiger partial charge in [-0.05, 0) is 36.0 Å². The van der Waals surface area contributed by atoms with E-state index < -0.39 is 0 Å². The molecule has 25 heavy (non-hydrogen) atoms. The lowest BCUT2D eigenvalue weighted by atomic mass is 9.61. The lowest BCUT2D eigenvalue weighted by Gasteiger charge is -2.58. The van der Waals surface area contributed by atoms with Crippen LogP contribution < -0.4 is 0 Å². The van der Waals surface area contributed by atoms with E-state index >= 15 is 0 Å². The van der Waals surface area contributed by atoms with Gasteiger partial charge >= 0.3 is 0 Å². The van der Waals surface area contributed by atoms with Gasteiger partial charge in [-0.2, -0.15) is 4.37 Å². The van der Waals surface area contributed by atoms with Crippen LogP contribution >= 0.6 is 11.5 Å². The van der Waals surface area contributed by atoms with Crippen molar-refractivity contribution in [1.29, 1.82) is 0 Å². The molecule has 0 N–H and O–H groups in total. The minimum Gasteiger partial charge on any atom is -0.373 e. The van der Waals surface area contributed by atoms with Gasteiger partial charge in [-0.25, -0.2) is 0 Å². The number of fused-ring (bicyclic) bond motifs is 1. The quantitative estimate of drug-likeness (QED) is 0.678. The lowest BCUT2D eigenvalue weighted by molar-refractivity contribution is -0.157. The molecule has 128 valence electrons. The highest BCUT2D eigenvalue weighted by Crippen LogP contribution is 2.50. The summed E-state index contributed by atoms with van der Waals surface area (Å²) in [6.45, 7) is 4.22. The molecule has 5 rings (SSSR count). The standard InChI is InChI=1S/C21H22N2OS/c1-2-6-16(7-3-1)13-24-17-10-21(11-17)14-23(15-21)12-20-18-8-4-5-9-19(18)22-25-20/h1-9,17H,10-15H2. The Morgan fingerprint density at radius 2 is 1.80 bits per heavy atom. The first-order valence-corrected chi connectivity index (χ1v) is 9.78. The van der Waals surface area contributed by atoms with Crippen molar-refractivity contribution in [2.45, 2.75) is 32.1 Å². The average Bonchev–Trinajstić information content (AvgIpc) is 2.99. The summed E-state index contributed by atoms with van der Waals surface area (Å²) in [5, 5.41) is 1.33. The lowest BCUT2D eigenvalue weighted by Crippen LogP contribution is -2.63. The molecule has 4 heteroatoms. The highest BCUT2D eigenvalue weighted by molar-refractivity contribution is 7.07. The number of rotatable bonds is 5. The molecule has 1 aromatic heterocycles. The van der Waals surface area contributed by atoms with Gasteiger partial charge in [-0.15, -0.1) is 0 Å². The zero-order valence-corrected chi connectivity index (χ0v) is 15.0. The van der Waals surface area contributed by atoms with Crippen molar-refractivity contribution in [2.24, 2.45) is 5.41 Å². The molecule has 3 aromatic rings. The summed E-state index contributed by atoms with van der Waals surface area (Å²) in [5.41, 5.74) is 2.94. The summed E-state index contributed by atoms with van der Waals surface area (Å²) in [4.78, 5) is 3.97. The molecule has 0 radical (unpaired) electrons. The predicted octanol–water partition coefficient (Wildman–Crippen LogP) is 4.48. The molecule has 2 aliphatic rings. The Kier molecular flexibility index (Phi) is 3.85. The number of benzene rings is 2. The minimum absolute atomic E-state index is 0.451. The third-order valence-electron chi connectivity index (χ3n) is 5.59. The Morgan fingerprint density at radius 3 is 2.64 bits per heavy atom. The maximum atomic E-state index is 6.07. The molecule has 1 saturated carbocycles. The fourth-order valence-electron chi connectivity index (χ4n) is 4.34. The van der Waals surface area contributed by atoms with Crippen molar-refractivity contribution in [2.75, 3.05) is 13.1 Å². The second-order valence-electron chi connectivity index (χ2n) is 7.59. The zero-order valence-electron chi connectivity index (χ0n) is 14.2. The average molecular weight is 350 g/mol. The van der Waals surface area contributed by atoms with Gasteiger partial charge in [0.15, 0.2) is 0 Å². The van der Waals surface area contributed by atoms with Crippen LogP contribution in [-0.4, -0.2) is 28.5 Å². The van der Waals surface area contributed by atoms with Crippen LogP contribution in [0.5, 0.6) is 0 Å². The number of likely N-dealkylation sites (tertiary alicyclic amines) is 1. The van der Waals surface area contributed by atoms with Crippen molar-refractivity contribution in [3.8, 4) is 0 Å². The molecule has 0 bridgehead atoms. The number of hydrogen-bond acceptors (Lipinski definition) is 4. The van der Waals surface area contributed by atoms with Gasteiger partial charge in [0, 0.05) is 35.3 Å². The van der Waals surface area contributed by atoms with Crippen LogP contribution in [0.15, 0.2) is 54.6 Å². The maximum Gasteiger partial charge on any atom is 0.0844 e. The summed E-state index contributed by atoms with van der Waals surface area (Å²) in [6.07, 6.45) is 2.89. The smallest absolute Gasteiger partial charge is 0.0844 e. The van der Waals surface area contributed by atoms with Crippen LogP contribution in [0, 0.1) is 5.41 Å². The van der Waals surface area contributed by atoms with Gasteiger partial charge in [0.05, 0.1) is 18.2 Å². The SMILES string of the molecule is c1ccc(COC2CC3(C2)CN(Cc2snc4ccccc24)C3)cc1. The second-order valence-corrected chi connectivity index (χ2v) is 8.45. The number of hydrogen-bond donors (Lipinski definition) is 0. The molecule has 2 heterocycles. The van der Waals surface area contributed by atoms with Crippen LogP contribution in [0.2, 0.25) is 0 Å². The van der Waals surface area contributed by atoms with E-state index in [9.17, 15) is 0 Å². The van der Waals surface area contributed by atoms with E-state index in [1.807, 2.05) is 0 Å². The van der Waals surface area contributed by atoms with E-state index in [0.29, 0.717) is 11.5 Å². The molecule has 2 aromatic carbocycles. The molecule has 2 fully saturated rings. The van der Waals surface area contributed by atoms with Crippen LogP contribution in [0.4, 0.5) is 0 Å². The molecular weight excluding hydrogens is 328 g/mol. The highest BCUT2D eigenvalue weighted by Gasteiger charge is 2.52. The van der Waals surface area contributed by atoms with E-state index in [0.717, 1.165) is 18.7 Å². The van der Waals surface area contributed by atoms with E-state index in [-0.39, 0.29) is 0 Å². The Labute approximate surface area is 152 Å². The number of nitrogens with zero attached hydrogens (tertiary/aromatic N) is 2. The Bertz CT molecular complexity index is 862. The first-order valence-electron chi connectivity index (χ1n) is 9.01. The first-order chi connectivity index (χ1) is 12.3. The number of ether oxygens (including phenoxy) is 1. The van der Waals surface area contributed by atoms with Crippen LogP contribution in [0.3, 0.4) is 0 Å². The third kappa shape index (κ3) is 2.99. The third-order valence-corrected chi connectivity index (χ3v) is 6.45. The van der Waals surface area contributed by atoms with E-state index in [1.54, 1.807) is 11.5 Å². The molecule has 0 amide bonds. The molecule has 1 aliphatic carbocycles. The summed E-state index contributed by atoms with van der Waals surface area (Å²) in [5.74, 6) is 0. The van der Waals surface area contributed by atoms with Gasteiger partial charge in [0.25, 0.3) is 0 Å². The summed E-state index contributed by atoms with van der Waals surface area (Å²) in [7, 11) is 0. The summed E-state index contributed by atoms with van der Waals surface area (Å²) in [6, 6.07) is 19.0. The highest BCUT2D eigenvalue weighted by atomic mass is 32.1. The molecule has 1 aliphatic heterocycles. The van der Waals surface area contributed by atoms with Gasteiger partial charge in [-0.3, -0.25) is 4.90 Å². The van der Waals surface area contributed by atoms with Crippen LogP contribution in [0.1, 0.15) is 23.3 Å². The van der Waals surface area contributed by atoms with Crippen molar-refractivity contribution in [3.63, 3.8) is 0 Å². The second kappa shape index (κ2) is 6.20. The van der Waals surface area contributed by atoms with Crippen LogP contribution in [-0.2, 0) is 17.9 Å². The zero-order chi connectivity index (χ0) is 16.7.